The molecule has 3 rings (SSSR count). The maximum absolute atomic E-state index is 13.3. The van der Waals surface area contributed by atoms with Gasteiger partial charge in [0.15, 0.2) is 0 Å². The summed E-state index contributed by atoms with van der Waals surface area (Å²) in [6.45, 7) is 3.60. The zero-order valence-corrected chi connectivity index (χ0v) is 15.6. The molecule has 1 aromatic heterocycles. The highest BCUT2D eigenvalue weighted by Crippen LogP contribution is 2.22. The van der Waals surface area contributed by atoms with E-state index < -0.39 is 5.82 Å². The molecule has 7 heteroatoms. The van der Waals surface area contributed by atoms with Crippen molar-refractivity contribution in [3.8, 4) is 0 Å². The number of amides is 1. The monoisotopic (exact) mass is 384 g/mol. The fourth-order valence-electron chi connectivity index (χ4n) is 2.57. The number of aromatic nitrogens is 2. The summed E-state index contributed by atoms with van der Waals surface area (Å²) in [5.74, 6) is 0.0431. The van der Waals surface area contributed by atoms with Gasteiger partial charge < -0.3 is 10.6 Å². The van der Waals surface area contributed by atoms with Crippen LogP contribution in [0.15, 0.2) is 54.6 Å². The van der Waals surface area contributed by atoms with Crippen LogP contribution in [0.2, 0.25) is 5.02 Å². The van der Waals surface area contributed by atoms with E-state index in [-0.39, 0.29) is 22.7 Å². The molecule has 3 aromatic rings. The quantitative estimate of drug-likeness (QED) is 0.662. The van der Waals surface area contributed by atoms with Gasteiger partial charge in [0.05, 0.1) is 11.1 Å². The summed E-state index contributed by atoms with van der Waals surface area (Å²) in [5.41, 5.74) is 1.79. The van der Waals surface area contributed by atoms with Crippen LogP contribution in [-0.4, -0.2) is 15.9 Å². The molecule has 0 bridgehead atoms. The maximum atomic E-state index is 13.3. The lowest BCUT2D eigenvalue weighted by molar-refractivity contribution is 0.0934. The summed E-state index contributed by atoms with van der Waals surface area (Å²) >= 11 is 5.80. The van der Waals surface area contributed by atoms with E-state index in [0.29, 0.717) is 17.3 Å². The smallest absolute Gasteiger partial charge is 0.270 e. The van der Waals surface area contributed by atoms with Gasteiger partial charge >= 0.3 is 0 Å². The molecule has 5 nitrogen and oxygen atoms in total. The first kappa shape index (κ1) is 18.8. The molecule has 0 aliphatic carbocycles. The summed E-state index contributed by atoms with van der Waals surface area (Å²) in [6, 6.07) is 15.3. The van der Waals surface area contributed by atoms with E-state index in [2.05, 4.69) is 20.6 Å². The number of benzene rings is 2. The van der Waals surface area contributed by atoms with Crippen molar-refractivity contribution in [3.05, 3.63) is 82.5 Å². The zero-order valence-electron chi connectivity index (χ0n) is 14.8. The molecular formula is C20H18ClFN4O. The lowest BCUT2D eigenvalue weighted by Gasteiger charge is -2.15. The minimum atomic E-state index is -0.504. The van der Waals surface area contributed by atoms with Crippen molar-refractivity contribution in [1.82, 2.24) is 15.3 Å². The Morgan fingerprint density at radius 2 is 1.85 bits per heavy atom. The molecule has 1 amide bonds. The molecule has 2 aromatic carbocycles. The number of nitrogens with zero attached hydrogens (tertiary/aromatic N) is 2. The third-order valence-electron chi connectivity index (χ3n) is 3.91. The molecular weight excluding hydrogens is 367 g/mol. The second kappa shape index (κ2) is 8.14. The number of aryl methyl sites for hydroxylation is 1. The van der Waals surface area contributed by atoms with Gasteiger partial charge in [0.25, 0.3) is 5.91 Å². The van der Waals surface area contributed by atoms with Crippen molar-refractivity contribution in [2.45, 2.75) is 19.9 Å². The minimum Gasteiger partial charge on any atom is -0.344 e. The Labute approximate surface area is 161 Å². The van der Waals surface area contributed by atoms with Gasteiger partial charge in [0, 0.05) is 11.8 Å². The second-order valence-corrected chi connectivity index (χ2v) is 6.45. The second-order valence-electron chi connectivity index (χ2n) is 6.05. The number of hydrogen-bond acceptors (Lipinski definition) is 4. The van der Waals surface area contributed by atoms with Crippen LogP contribution in [0.3, 0.4) is 0 Å². The van der Waals surface area contributed by atoms with E-state index in [1.54, 1.807) is 6.92 Å². The van der Waals surface area contributed by atoms with Crippen molar-refractivity contribution < 1.29 is 9.18 Å². The molecule has 1 atom stereocenters. The van der Waals surface area contributed by atoms with Gasteiger partial charge in [0.1, 0.15) is 23.2 Å². The summed E-state index contributed by atoms with van der Waals surface area (Å²) in [4.78, 5) is 21.1. The maximum Gasteiger partial charge on any atom is 0.270 e. The van der Waals surface area contributed by atoms with Crippen molar-refractivity contribution in [1.29, 1.82) is 0 Å². The van der Waals surface area contributed by atoms with Gasteiger partial charge in [-0.1, -0.05) is 41.9 Å². The summed E-state index contributed by atoms with van der Waals surface area (Å²) in [5, 5.41) is 5.93. The number of halogens is 2. The summed E-state index contributed by atoms with van der Waals surface area (Å²) < 4.78 is 13.3. The van der Waals surface area contributed by atoms with Crippen molar-refractivity contribution in [2.75, 3.05) is 5.32 Å². The van der Waals surface area contributed by atoms with Crippen molar-refractivity contribution in [2.24, 2.45) is 0 Å². The van der Waals surface area contributed by atoms with E-state index in [0.717, 1.165) is 5.56 Å². The van der Waals surface area contributed by atoms with Crippen molar-refractivity contribution in [3.63, 3.8) is 0 Å². The molecule has 0 saturated heterocycles. The molecule has 0 aliphatic heterocycles. The van der Waals surface area contributed by atoms with Gasteiger partial charge in [-0.15, -0.1) is 0 Å². The number of rotatable bonds is 5. The van der Waals surface area contributed by atoms with Crippen LogP contribution in [0.5, 0.6) is 0 Å². The van der Waals surface area contributed by atoms with Crippen LogP contribution >= 0.6 is 11.6 Å². The van der Waals surface area contributed by atoms with Crippen LogP contribution in [-0.2, 0) is 0 Å². The average Bonchev–Trinajstić information content (AvgIpc) is 2.65. The van der Waals surface area contributed by atoms with E-state index in [4.69, 9.17) is 11.6 Å². The number of carbonyl (C=O) groups excluding carboxylic acids is 1. The highest BCUT2D eigenvalue weighted by molar-refractivity contribution is 6.31. The Morgan fingerprint density at radius 3 is 2.56 bits per heavy atom. The fraction of sp³-hybridized carbons (Fsp3) is 0.150. The zero-order chi connectivity index (χ0) is 19.4. The minimum absolute atomic E-state index is 0.000399. The molecule has 0 spiro atoms. The largest absolute Gasteiger partial charge is 0.344 e. The molecule has 1 unspecified atom stereocenters. The standard InChI is InChI=1S/C20H18ClFN4O/c1-12(14-6-4-3-5-7-14)23-20(27)18-11-19(25-13(2)24-18)26-15-8-9-17(22)16(21)10-15/h3-12H,1-2H3,(H,23,27)(H,24,25,26). The molecule has 0 aliphatic rings. The first-order chi connectivity index (χ1) is 12.9. The summed E-state index contributed by atoms with van der Waals surface area (Å²) in [6.07, 6.45) is 0. The van der Waals surface area contributed by atoms with E-state index in [9.17, 15) is 9.18 Å². The number of hydrogen-bond donors (Lipinski definition) is 2. The first-order valence-corrected chi connectivity index (χ1v) is 8.74. The van der Waals surface area contributed by atoms with Gasteiger partial charge in [-0.2, -0.15) is 0 Å². The SMILES string of the molecule is Cc1nc(Nc2ccc(F)c(Cl)c2)cc(C(=O)NC(C)c2ccccc2)n1. The van der Waals surface area contributed by atoms with Crippen LogP contribution in [0.1, 0.15) is 34.8 Å². The molecule has 138 valence electrons. The number of nitrogens with one attached hydrogen (secondary N) is 2. The van der Waals surface area contributed by atoms with Gasteiger partial charge in [-0.05, 0) is 37.6 Å². The predicted molar refractivity (Wildman–Crippen MR) is 104 cm³/mol. The lowest BCUT2D eigenvalue weighted by Crippen LogP contribution is -2.27. The van der Waals surface area contributed by atoms with E-state index in [1.807, 2.05) is 37.3 Å². The van der Waals surface area contributed by atoms with E-state index >= 15 is 0 Å². The predicted octanol–water partition coefficient (Wildman–Crippen LogP) is 4.81. The Balaban J connectivity index is 1.78. The molecule has 0 radical (unpaired) electrons. The average molecular weight is 385 g/mol. The molecule has 27 heavy (non-hydrogen) atoms. The van der Waals surface area contributed by atoms with Crippen molar-refractivity contribution >= 4 is 29.0 Å². The van der Waals surface area contributed by atoms with Gasteiger partial charge in [-0.3, -0.25) is 4.79 Å². The van der Waals surface area contributed by atoms with E-state index in [1.165, 1.54) is 24.3 Å². The number of carbonyl (C=O) groups is 1. The van der Waals surface area contributed by atoms with Crippen LogP contribution in [0.4, 0.5) is 15.9 Å². The van der Waals surface area contributed by atoms with Crippen LogP contribution < -0.4 is 10.6 Å². The number of anilines is 2. The topological polar surface area (TPSA) is 66.9 Å². The third-order valence-corrected chi connectivity index (χ3v) is 4.20. The van der Waals surface area contributed by atoms with Crippen LogP contribution in [0.25, 0.3) is 0 Å². The Kier molecular flexibility index (Phi) is 5.66. The highest BCUT2D eigenvalue weighted by Gasteiger charge is 2.14. The van der Waals surface area contributed by atoms with Gasteiger partial charge in [-0.25, -0.2) is 14.4 Å². The Bertz CT molecular complexity index is 965. The summed E-state index contributed by atoms with van der Waals surface area (Å²) in [7, 11) is 0. The molecule has 2 N–H and O–H groups in total. The molecule has 0 fully saturated rings. The Hall–Kier alpha value is -2.99. The third kappa shape index (κ3) is 4.80. The lowest BCUT2D eigenvalue weighted by atomic mass is 10.1. The molecule has 0 saturated carbocycles. The fourth-order valence-corrected chi connectivity index (χ4v) is 2.75. The van der Waals surface area contributed by atoms with Gasteiger partial charge in [0.2, 0.25) is 0 Å². The highest BCUT2D eigenvalue weighted by atomic mass is 35.5. The van der Waals surface area contributed by atoms with Crippen LogP contribution in [0, 0.1) is 12.7 Å². The molecule has 1 heterocycles. The Morgan fingerprint density at radius 1 is 1.11 bits per heavy atom. The normalized spacial score (nSPS) is 11.7. The first-order valence-electron chi connectivity index (χ1n) is 8.36.